The molecule has 4 heterocycles. The molecule has 4 aromatic rings. The molecular formula is C20H19N5O2. The molecule has 1 amide bonds. The van der Waals surface area contributed by atoms with Gasteiger partial charge in [-0.15, -0.1) is 0 Å². The van der Waals surface area contributed by atoms with Gasteiger partial charge in [-0.25, -0.2) is 9.50 Å². The van der Waals surface area contributed by atoms with Gasteiger partial charge in [0.15, 0.2) is 5.65 Å². The Bertz CT molecular complexity index is 1080. The molecule has 0 aliphatic carbocycles. The highest BCUT2D eigenvalue weighted by Crippen LogP contribution is 2.18. The number of aryl methyl sites for hydroxylation is 2. The number of hydrogen-bond acceptors (Lipinski definition) is 5. The molecule has 27 heavy (non-hydrogen) atoms. The third-order valence-electron chi connectivity index (χ3n) is 4.32. The molecule has 4 aromatic heterocycles. The van der Waals surface area contributed by atoms with Gasteiger partial charge in [0.1, 0.15) is 11.3 Å². The topological polar surface area (TPSA) is 85.3 Å². The fourth-order valence-electron chi connectivity index (χ4n) is 2.99. The summed E-state index contributed by atoms with van der Waals surface area (Å²) in [6, 6.07) is 9.57. The van der Waals surface area contributed by atoms with Gasteiger partial charge in [-0.1, -0.05) is 0 Å². The van der Waals surface area contributed by atoms with Crippen molar-refractivity contribution in [3.8, 4) is 11.3 Å². The summed E-state index contributed by atoms with van der Waals surface area (Å²) in [4.78, 5) is 21.4. The zero-order chi connectivity index (χ0) is 18.8. The van der Waals surface area contributed by atoms with E-state index in [4.69, 9.17) is 4.42 Å². The number of fused-ring (bicyclic) bond motifs is 1. The minimum Gasteiger partial charge on any atom is -0.464 e. The van der Waals surface area contributed by atoms with E-state index in [9.17, 15) is 4.79 Å². The summed E-state index contributed by atoms with van der Waals surface area (Å²) in [5, 5.41) is 7.17. The largest absolute Gasteiger partial charge is 0.464 e. The fourth-order valence-corrected chi connectivity index (χ4v) is 2.99. The van der Waals surface area contributed by atoms with Gasteiger partial charge in [-0.3, -0.25) is 9.78 Å². The van der Waals surface area contributed by atoms with Gasteiger partial charge < -0.3 is 9.73 Å². The molecule has 136 valence electrons. The number of amides is 1. The van der Waals surface area contributed by atoms with Gasteiger partial charge in [0.2, 0.25) is 0 Å². The maximum absolute atomic E-state index is 12.5. The third-order valence-corrected chi connectivity index (χ3v) is 4.32. The quantitative estimate of drug-likeness (QED) is 0.591. The lowest BCUT2D eigenvalue weighted by Crippen LogP contribution is -2.26. The second kappa shape index (κ2) is 7.03. The molecular weight excluding hydrogens is 342 g/mol. The fraction of sp³-hybridized carbons (Fsp3) is 0.200. The molecule has 0 saturated carbocycles. The summed E-state index contributed by atoms with van der Waals surface area (Å²) in [5.74, 6) is 0.600. The zero-order valence-corrected chi connectivity index (χ0v) is 15.1. The van der Waals surface area contributed by atoms with Crippen LogP contribution in [0.2, 0.25) is 0 Å². The van der Waals surface area contributed by atoms with Crippen LogP contribution in [0.4, 0.5) is 0 Å². The minimum absolute atomic E-state index is 0.185. The lowest BCUT2D eigenvalue weighted by Gasteiger charge is -2.05. The van der Waals surface area contributed by atoms with Crippen molar-refractivity contribution < 1.29 is 9.21 Å². The summed E-state index contributed by atoms with van der Waals surface area (Å²) in [5.41, 5.74) is 4.67. The first kappa shape index (κ1) is 17.0. The highest BCUT2D eigenvalue weighted by atomic mass is 16.3. The third kappa shape index (κ3) is 3.44. The highest BCUT2D eigenvalue weighted by molar-refractivity contribution is 5.99. The molecule has 4 rings (SSSR count). The van der Waals surface area contributed by atoms with Gasteiger partial charge >= 0.3 is 0 Å². The Morgan fingerprint density at radius 1 is 1.22 bits per heavy atom. The molecule has 0 aliphatic rings. The minimum atomic E-state index is -0.185. The first-order chi connectivity index (χ1) is 13.1. The maximum Gasteiger partial charge on any atom is 0.256 e. The Morgan fingerprint density at radius 3 is 2.85 bits per heavy atom. The van der Waals surface area contributed by atoms with E-state index in [0.29, 0.717) is 24.2 Å². The van der Waals surface area contributed by atoms with Crippen LogP contribution in [0, 0.1) is 13.8 Å². The molecule has 0 unspecified atom stereocenters. The van der Waals surface area contributed by atoms with E-state index >= 15 is 0 Å². The van der Waals surface area contributed by atoms with Crippen LogP contribution in [0.3, 0.4) is 0 Å². The van der Waals surface area contributed by atoms with E-state index in [-0.39, 0.29) is 5.91 Å². The normalized spacial score (nSPS) is 11.0. The number of carbonyl (C=O) groups excluding carboxylic acids is 1. The Hall–Kier alpha value is -3.48. The second-order valence-corrected chi connectivity index (χ2v) is 6.35. The van der Waals surface area contributed by atoms with E-state index in [1.807, 2.05) is 44.2 Å². The molecule has 1 N–H and O–H groups in total. The van der Waals surface area contributed by atoms with Crippen LogP contribution in [0.1, 0.15) is 27.4 Å². The highest BCUT2D eigenvalue weighted by Gasteiger charge is 2.15. The van der Waals surface area contributed by atoms with Crippen molar-refractivity contribution in [1.29, 1.82) is 0 Å². The van der Waals surface area contributed by atoms with Crippen molar-refractivity contribution in [3.63, 3.8) is 0 Å². The lowest BCUT2D eigenvalue weighted by atomic mass is 10.2. The van der Waals surface area contributed by atoms with E-state index in [1.54, 1.807) is 23.2 Å². The monoisotopic (exact) mass is 361 g/mol. The van der Waals surface area contributed by atoms with E-state index < -0.39 is 0 Å². The molecule has 0 bridgehead atoms. The Labute approximate surface area is 156 Å². The van der Waals surface area contributed by atoms with Crippen LogP contribution in [0.25, 0.3) is 17.0 Å². The summed E-state index contributed by atoms with van der Waals surface area (Å²) < 4.78 is 7.03. The maximum atomic E-state index is 12.5. The number of furan rings is 1. The average Bonchev–Trinajstić information content (AvgIpc) is 3.32. The number of nitrogens with zero attached hydrogens (tertiary/aromatic N) is 4. The van der Waals surface area contributed by atoms with E-state index in [2.05, 4.69) is 20.4 Å². The van der Waals surface area contributed by atoms with Crippen molar-refractivity contribution in [2.24, 2.45) is 0 Å². The lowest BCUT2D eigenvalue weighted by molar-refractivity contribution is 0.0955. The van der Waals surface area contributed by atoms with Crippen LogP contribution in [0.15, 0.2) is 53.4 Å². The molecule has 7 nitrogen and oxygen atoms in total. The number of nitrogens with one attached hydrogen (secondary N) is 1. The SMILES string of the molecule is Cc1cc(C)n2ncc(C(=O)NCCc3ccc(-c4ccco4)cn3)c2n1. The van der Waals surface area contributed by atoms with Crippen molar-refractivity contribution in [2.45, 2.75) is 20.3 Å². The molecule has 0 saturated heterocycles. The summed E-state index contributed by atoms with van der Waals surface area (Å²) in [6.07, 6.45) is 5.60. The Kier molecular flexibility index (Phi) is 4.42. The molecule has 7 heteroatoms. The van der Waals surface area contributed by atoms with Crippen molar-refractivity contribution in [1.82, 2.24) is 24.9 Å². The second-order valence-electron chi connectivity index (χ2n) is 6.35. The number of carbonyl (C=O) groups is 1. The summed E-state index contributed by atoms with van der Waals surface area (Å²) >= 11 is 0. The van der Waals surface area contributed by atoms with Crippen LogP contribution >= 0.6 is 0 Å². The zero-order valence-electron chi connectivity index (χ0n) is 15.1. The molecule has 0 atom stereocenters. The first-order valence-electron chi connectivity index (χ1n) is 8.71. The van der Waals surface area contributed by atoms with Gasteiger partial charge in [0.05, 0.1) is 12.5 Å². The number of aromatic nitrogens is 4. The van der Waals surface area contributed by atoms with Crippen LogP contribution in [-0.4, -0.2) is 32.0 Å². The van der Waals surface area contributed by atoms with Gasteiger partial charge in [0, 0.05) is 41.8 Å². The first-order valence-corrected chi connectivity index (χ1v) is 8.71. The standard InChI is InChI=1S/C20H19N5O2/c1-13-10-14(2)25-19(24-13)17(12-23-25)20(26)21-8-7-16-6-5-15(11-22-16)18-4-3-9-27-18/h3-6,9-12H,7-8H2,1-2H3,(H,21,26). The predicted octanol–water partition coefficient (Wildman–Crippen LogP) is 2.97. The van der Waals surface area contributed by atoms with Crippen LogP contribution in [0.5, 0.6) is 0 Å². The van der Waals surface area contributed by atoms with Crippen molar-refractivity contribution in [3.05, 3.63) is 71.6 Å². The molecule has 0 radical (unpaired) electrons. The van der Waals surface area contributed by atoms with Gasteiger partial charge in [-0.2, -0.15) is 5.10 Å². The van der Waals surface area contributed by atoms with E-state index in [1.165, 1.54) is 0 Å². The number of pyridine rings is 1. The Morgan fingerprint density at radius 2 is 2.11 bits per heavy atom. The van der Waals surface area contributed by atoms with Gasteiger partial charge in [-0.05, 0) is 44.2 Å². The predicted molar refractivity (Wildman–Crippen MR) is 100 cm³/mol. The Balaban J connectivity index is 1.40. The number of rotatable bonds is 5. The van der Waals surface area contributed by atoms with E-state index in [0.717, 1.165) is 28.4 Å². The molecule has 0 aliphatic heterocycles. The van der Waals surface area contributed by atoms with Gasteiger partial charge in [0.25, 0.3) is 5.91 Å². The summed E-state index contributed by atoms with van der Waals surface area (Å²) in [6.45, 7) is 4.32. The average molecular weight is 361 g/mol. The summed E-state index contributed by atoms with van der Waals surface area (Å²) in [7, 11) is 0. The number of hydrogen-bond donors (Lipinski definition) is 1. The molecule has 0 fully saturated rings. The molecule has 0 aromatic carbocycles. The van der Waals surface area contributed by atoms with Crippen LogP contribution in [-0.2, 0) is 6.42 Å². The van der Waals surface area contributed by atoms with Crippen molar-refractivity contribution in [2.75, 3.05) is 6.54 Å². The van der Waals surface area contributed by atoms with Crippen molar-refractivity contribution >= 4 is 11.6 Å². The van der Waals surface area contributed by atoms with Crippen LogP contribution < -0.4 is 5.32 Å². The molecule has 0 spiro atoms. The smallest absolute Gasteiger partial charge is 0.256 e.